The molecular formula is C26H37NO9S2. The first-order chi connectivity index (χ1) is 17.9. The fraction of sp³-hybridized carbons (Fsp3) is 0.462. The Morgan fingerprint density at radius 1 is 1.05 bits per heavy atom. The van der Waals surface area contributed by atoms with E-state index < -0.39 is 22.4 Å². The van der Waals surface area contributed by atoms with E-state index >= 15 is 0 Å². The monoisotopic (exact) mass is 571 g/mol. The molecule has 212 valence electrons. The van der Waals surface area contributed by atoms with Crippen molar-refractivity contribution in [2.75, 3.05) is 50.5 Å². The Hall–Kier alpha value is -2.64. The molecule has 2 aromatic carbocycles. The van der Waals surface area contributed by atoms with Crippen molar-refractivity contribution in [3.05, 3.63) is 54.1 Å². The summed E-state index contributed by atoms with van der Waals surface area (Å²) in [6, 6.07) is 12.9. The van der Waals surface area contributed by atoms with E-state index in [1.807, 2.05) is 13.8 Å². The molecule has 0 heterocycles. The molecule has 1 unspecified atom stereocenters. The molecule has 0 bridgehead atoms. The van der Waals surface area contributed by atoms with Crippen molar-refractivity contribution in [2.24, 2.45) is 0 Å². The number of hydrogen-bond acceptors (Lipinski definition) is 9. The van der Waals surface area contributed by atoms with Crippen molar-refractivity contribution < 1.29 is 41.5 Å². The molecule has 0 aliphatic heterocycles. The third-order valence-corrected chi connectivity index (χ3v) is 6.56. The van der Waals surface area contributed by atoms with Gasteiger partial charge in [-0.1, -0.05) is 17.7 Å². The van der Waals surface area contributed by atoms with Crippen molar-refractivity contribution in [3.8, 4) is 5.75 Å². The number of carbonyl (C=O) groups excluding carboxylic acids is 2. The van der Waals surface area contributed by atoms with Gasteiger partial charge in [0.05, 0.1) is 30.4 Å². The van der Waals surface area contributed by atoms with Crippen LogP contribution in [0.15, 0.2) is 53.4 Å². The smallest absolute Gasteiger partial charge is 0.334 e. The number of ether oxygens (including phenoxy) is 4. The lowest BCUT2D eigenvalue weighted by atomic mass is 10.2. The number of amides is 1. The van der Waals surface area contributed by atoms with Crippen LogP contribution < -0.4 is 10.1 Å². The summed E-state index contributed by atoms with van der Waals surface area (Å²) in [6.45, 7) is 4.28. The number of rotatable bonds is 14. The zero-order valence-corrected chi connectivity index (χ0v) is 24.1. The maximum Gasteiger partial charge on any atom is 0.334 e. The number of benzene rings is 2. The molecule has 0 saturated heterocycles. The van der Waals surface area contributed by atoms with Gasteiger partial charge in [0.1, 0.15) is 28.2 Å². The van der Waals surface area contributed by atoms with Crippen LogP contribution in [0.4, 0.5) is 5.69 Å². The van der Waals surface area contributed by atoms with Gasteiger partial charge >= 0.3 is 5.97 Å². The highest BCUT2D eigenvalue weighted by Gasteiger charge is 2.14. The fourth-order valence-corrected chi connectivity index (χ4v) is 3.86. The second-order valence-electron chi connectivity index (χ2n) is 8.22. The fourth-order valence-electron chi connectivity index (χ4n) is 2.79. The SMILES string of the molecule is CCOC(CCOc1ccc(NC(=O)CC[S+](C)C)cc1)OC(=O)COC.Cc1ccc(S(=O)(=O)[O-])cc1. The number of aryl methyl sites for hydroxylation is 1. The molecule has 0 aliphatic carbocycles. The van der Waals surface area contributed by atoms with Crippen molar-refractivity contribution in [1.82, 2.24) is 0 Å². The molecule has 0 fully saturated rings. The Balaban J connectivity index is 0.000000544. The van der Waals surface area contributed by atoms with Crippen LogP contribution in [-0.4, -0.2) is 76.3 Å². The van der Waals surface area contributed by atoms with Crippen molar-refractivity contribution >= 4 is 38.6 Å². The van der Waals surface area contributed by atoms with Gasteiger partial charge in [0, 0.05) is 25.8 Å². The number of anilines is 1. The minimum absolute atomic E-state index is 0.0160. The Kier molecular flexibility index (Phi) is 15.6. The highest BCUT2D eigenvalue weighted by Crippen LogP contribution is 2.17. The average molecular weight is 572 g/mol. The van der Waals surface area contributed by atoms with Crippen molar-refractivity contribution in [2.45, 2.75) is 37.9 Å². The molecule has 0 aliphatic rings. The summed E-state index contributed by atoms with van der Waals surface area (Å²) >= 11 is 0. The molecular weight excluding hydrogens is 534 g/mol. The summed E-state index contributed by atoms with van der Waals surface area (Å²) < 4.78 is 52.1. The molecule has 0 saturated carbocycles. The second-order valence-corrected chi connectivity index (χ2v) is 12.0. The number of methoxy groups -OCH3 is 1. The second kappa shape index (κ2) is 17.8. The summed E-state index contributed by atoms with van der Waals surface area (Å²) in [6.07, 6.45) is 4.49. The Bertz CT molecular complexity index is 1070. The molecule has 12 heteroatoms. The van der Waals surface area contributed by atoms with Crippen LogP contribution in [0.2, 0.25) is 0 Å². The van der Waals surface area contributed by atoms with Crippen molar-refractivity contribution in [3.63, 3.8) is 0 Å². The lowest BCUT2D eigenvalue weighted by Gasteiger charge is -2.17. The number of hydrogen-bond donors (Lipinski definition) is 1. The first-order valence-electron chi connectivity index (χ1n) is 11.8. The quantitative estimate of drug-likeness (QED) is 0.157. The van der Waals surface area contributed by atoms with E-state index in [0.717, 1.165) is 17.0 Å². The van der Waals surface area contributed by atoms with Gasteiger partial charge in [-0.3, -0.25) is 4.79 Å². The lowest BCUT2D eigenvalue weighted by Crippen LogP contribution is -2.25. The number of carbonyl (C=O) groups is 2. The highest BCUT2D eigenvalue weighted by atomic mass is 32.2. The van der Waals surface area contributed by atoms with Gasteiger partial charge in [-0.25, -0.2) is 13.2 Å². The first-order valence-corrected chi connectivity index (χ1v) is 15.5. The lowest BCUT2D eigenvalue weighted by molar-refractivity contribution is -0.183. The standard InChI is InChI=1S/C19H29NO6S.C7H8O3S/c1-5-24-19(26-18(22)14-23-2)10-12-25-16-8-6-15(7-9-16)20-17(21)11-13-27(3)4;1-6-2-4-7(5-3-6)11(8,9)10/h6-9,19H,5,10-14H2,1-4H3;2-5H,1H3,(H,8,9,10). The van der Waals surface area contributed by atoms with E-state index in [4.69, 9.17) is 18.9 Å². The van der Waals surface area contributed by atoms with E-state index in [9.17, 15) is 22.6 Å². The predicted octanol–water partition coefficient (Wildman–Crippen LogP) is 3.11. The molecule has 38 heavy (non-hydrogen) atoms. The van der Waals surface area contributed by atoms with E-state index in [0.29, 0.717) is 31.8 Å². The van der Waals surface area contributed by atoms with Crippen LogP contribution in [0.5, 0.6) is 5.75 Å². The van der Waals surface area contributed by atoms with Gasteiger partial charge in [0.25, 0.3) is 0 Å². The number of nitrogens with one attached hydrogen (secondary N) is 1. The zero-order valence-electron chi connectivity index (χ0n) is 22.4. The minimum atomic E-state index is -4.27. The predicted molar refractivity (Wildman–Crippen MR) is 146 cm³/mol. The summed E-state index contributed by atoms with van der Waals surface area (Å²) in [7, 11) is -2.58. The molecule has 10 nitrogen and oxygen atoms in total. The Morgan fingerprint density at radius 3 is 2.21 bits per heavy atom. The van der Waals surface area contributed by atoms with Crippen LogP contribution in [0.1, 0.15) is 25.3 Å². The molecule has 1 N–H and O–H groups in total. The van der Waals surface area contributed by atoms with Gasteiger partial charge in [0.15, 0.2) is 0 Å². The molecule has 1 amide bonds. The van der Waals surface area contributed by atoms with Gasteiger partial charge in [-0.15, -0.1) is 0 Å². The normalized spacial score (nSPS) is 11.8. The van der Waals surface area contributed by atoms with E-state index in [1.165, 1.54) is 19.2 Å². The first kappa shape index (κ1) is 33.4. The van der Waals surface area contributed by atoms with Crippen LogP contribution in [-0.2, 0) is 44.8 Å². The van der Waals surface area contributed by atoms with Gasteiger partial charge in [0.2, 0.25) is 12.2 Å². The summed E-state index contributed by atoms with van der Waals surface area (Å²) in [5.41, 5.74) is 1.66. The van der Waals surface area contributed by atoms with Gasteiger partial charge < -0.3 is 28.8 Å². The van der Waals surface area contributed by atoms with Crippen LogP contribution in [0.3, 0.4) is 0 Å². The molecule has 0 spiro atoms. The highest BCUT2D eigenvalue weighted by molar-refractivity contribution is 7.95. The Labute approximate surface area is 228 Å². The van der Waals surface area contributed by atoms with Gasteiger partial charge in [-0.05, 0) is 61.1 Å². The van der Waals surface area contributed by atoms with E-state index in [-0.39, 0.29) is 28.3 Å². The third-order valence-electron chi connectivity index (χ3n) is 4.69. The molecule has 0 radical (unpaired) electrons. The minimum Gasteiger partial charge on any atom is -0.744 e. The van der Waals surface area contributed by atoms with Crippen LogP contribution in [0.25, 0.3) is 0 Å². The third kappa shape index (κ3) is 14.9. The van der Waals surface area contributed by atoms with E-state index in [2.05, 4.69) is 17.8 Å². The summed E-state index contributed by atoms with van der Waals surface area (Å²) in [4.78, 5) is 23.1. The Morgan fingerprint density at radius 2 is 1.68 bits per heavy atom. The van der Waals surface area contributed by atoms with Crippen LogP contribution >= 0.6 is 0 Å². The topological polar surface area (TPSA) is 140 Å². The maximum absolute atomic E-state index is 11.8. The van der Waals surface area contributed by atoms with Crippen LogP contribution in [0, 0.1) is 6.92 Å². The molecule has 2 aromatic rings. The number of esters is 1. The van der Waals surface area contributed by atoms with Gasteiger partial charge in [-0.2, -0.15) is 0 Å². The molecule has 1 atom stereocenters. The summed E-state index contributed by atoms with van der Waals surface area (Å²) in [5, 5.41) is 2.87. The largest absolute Gasteiger partial charge is 0.744 e. The zero-order chi connectivity index (χ0) is 28.6. The maximum atomic E-state index is 11.8. The van der Waals surface area contributed by atoms with E-state index in [1.54, 1.807) is 36.4 Å². The average Bonchev–Trinajstić information content (AvgIpc) is 2.84. The van der Waals surface area contributed by atoms with Crippen molar-refractivity contribution in [1.29, 1.82) is 0 Å². The molecule has 2 rings (SSSR count). The molecule has 0 aromatic heterocycles. The summed E-state index contributed by atoms with van der Waals surface area (Å²) in [5.74, 6) is 1.09.